The summed E-state index contributed by atoms with van der Waals surface area (Å²) in [7, 11) is 1.79. The molecule has 7 heteroatoms. The van der Waals surface area contributed by atoms with Crippen LogP contribution < -0.4 is 11.1 Å². The fraction of sp³-hybridized carbons (Fsp3) is 0.182. The summed E-state index contributed by atoms with van der Waals surface area (Å²) in [6.45, 7) is 0.264. The largest absolute Gasteiger partial charge is 0.506 e. The van der Waals surface area contributed by atoms with Gasteiger partial charge in [-0.1, -0.05) is 0 Å². The van der Waals surface area contributed by atoms with Crippen molar-refractivity contribution in [3.63, 3.8) is 0 Å². The summed E-state index contributed by atoms with van der Waals surface area (Å²) >= 11 is 0. The van der Waals surface area contributed by atoms with Gasteiger partial charge < -0.3 is 20.7 Å². The van der Waals surface area contributed by atoms with Gasteiger partial charge in [0.15, 0.2) is 5.82 Å². The summed E-state index contributed by atoms with van der Waals surface area (Å²) < 4.78 is 1.71. The molecule has 0 unspecified atom stereocenters. The SMILES string of the molecule is Cn1cnnc1CNC(=O)c1ccc(N)c(O)c1. The van der Waals surface area contributed by atoms with E-state index in [1.54, 1.807) is 24.0 Å². The summed E-state index contributed by atoms with van der Waals surface area (Å²) in [6, 6.07) is 4.34. The van der Waals surface area contributed by atoms with Gasteiger partial charge in [0.25, 0.3) is 5.91 Å². The second-order valence-corrected chi connectivity index (χ2v) is 3.81. The zero-order valence-corrected chi connectivity index (χ0v) is 9.79. The first-order chi connectivity index (χ1) is 8.58. The van der Waals surface area contributed by atoms with Gasteiger partial charge in [0.1, 0.15) is 12.1 Å². The fourth-order valence-corrected chi connectivity index (χ4v) is 1.41. The number of phenolic OH excluding ortho intramolecular Hbond substituents is 1. The molecule has 1 aromatic carbocycles. The van der Waals surface area contributed by atoms with Crippen molar-refractivity contribution >= 4 is 11.6 Å². The van der Waals surface area contributed by atoms with E-state index in [1.807, 2.05) is 0 Å². The lowest BCUT2D eigenvalue weighted by atomic mass is 10.2. The molecule has 1 amide bonds. The van der Waals surface area contributed by atoms with Crippen LogP contribution in [0.2, 0.25) is 0 Å². The molecule has 4 N–H and O–H groups in total. The number of hydrogen-bond donors (Lipinski definition) is 3. The molecule has 0 spiro atoms. The van der Waals surface area contributed by atoms with Crippen LogP contribution in [0.3, 0.4) is 0 Å². The number of nitrogens with zero attached hydrogens (tertiary/aromatic N) is 3. The maximum absolute atomic E-state index is 11.8. The molecular weight excluding hydrogens is 234 g/mol. The van der Waals surface area contributed by atoms with Gasteiger partial charge in [0, 0.05) is 12.6 Å². The number of benzene rings is 1. The molecule has 2 aromatic rings. The molecule has 7 nitrogen and oxygen atoms in total. The maximum atomic E-state index is 11.8. The average Bonchev–Trinajstić information content (AvgIpc) is 2.75. The highest BCUT2D eigenvalue weighted by Crippen LogP contribution is 2.20. The third-order valence-electron chi connectivity index (χ3n) is 2.50. The summed E-state index contributed by atoms with van der Waals surface area (Å²) in [5.41, 5.74) is 6.03. The lowest BCUT2D eigenvalue weighted by Crippen LogP contribution is -2.24. The van der Waals surface area contributed by atoms with Crippen LogP contribution in [0.5, 0.6) is 5.75 Å². The topological polar surface area (TPSA) is 106 Å². The van der Waals surface area contributed by atoms with Crippen molar-refractivity contribution < 1.29 is 9.90 Å². The Labute approximate surface area is 103 Å². The quantitative estimate of drug-likeness (QED) is 0.524. The van der Waals surface area contributed by atoms with Crippen LogP contribution in [0.4, 0.5) is 5.69 Å². The molecule has 1 aromatic heterocycles. The Morgan fingerprint density at radius 3 is 2.94 bits per heavy atom. The molecule has 94 valence electrons. The molecule has 1 heterocycles. The fourth-order valence-electron chi connectivity index (χ4n) is 1.41. The minimum absolute atomic E-state index is 0.110. The minimum atomic E-state index is -0.312. The number of phenols is 1. The molecule has 0 bridgehead atoms. The lowest BCUT2D eigenvalue weighted by molar-refractivity contribution is 0.0949. The number of nitrogens with one attached hydrogen (secondary N) is 1. The van der Waals surface area contributed by atoms with Crippen molar-refractivity contribution in [2.24, 2.45) is 7.05 Å². The van der Waals surface area contributed by atoms with Gasteiger partial charge >= 0.3 is 0 Å². The summed E-state index contributed by atoms with van der Waals surface area (Å²) in [5.74, 6) is 0.220. The first kappa shape index (κ1) is 11.9. The number of hydrogen-bond acceptors (Lipinski definition) is 5. The van der Waals surface area contributed by atoms with Crippen molar-refractivity contribution in [2.75, 3.05) is 5.73 Å². The Morgan fingerprint density at radius 2 is 2.33 bits per heavy atom. The van der Waals surface area contributed by atoms with Crippen molar-refractivity contribution in [3.8, 4) is 5.75 Å². The standard InChI is InChI=1S/C11H13N5O2/c1-16-6-14-15-10(16)5-13-11(18)7-2-3-8(12)9(17)4-7/h2-4,6,17H,5,12H2,1H3,(H,13,18). The van der Waals surface area contributed by atoms with E-state index < -0.39 is 0 Å². The number of carbonyl (C=O) groups excluding carboxylic acids is 1. The van der Waals surface area contributed by atoms with Crippen molar-refractivity contribution in [1.82, 2.24) is 20.1 Å². The molecule has 0 radical (unpaired) electrons. The first-order valence-corrected chi connectivity index (χ1v) is 5.27. The molecule has 0 aliphatic heterocycles. The molecule has 0 atom stereocenters. The number of carbonyl (C=O) groups is 1. The number of anilines is 1. The van der Waals surface area contributed by atoms with Gasteiger partial charge in [-0.15, -0.1) is 10.2 Å². The molecule has 0 saturated carbocycles. The van der Waals surface area contributed by atoms with Gasteiger partial charge in [-0.2, -0.15) is 0 Å². The Balaban J connectivity index is 2.04. The molecule has 2 rings (SSSR count). The van der Waals surface area contributed by atoms with E-state index in [-0.39, 0.29) is 23.9 Å². The Bertz CT molecular complexity index is 579. The van der Waals surface area contributed by atoms with E-state index in [0.29, 0.717) is 11.4 Å². The minimum Gasteiger partial charge on any atom is -0.506 e. The molecule has 0 aliphatic carbocycles. The zero-order valence-electron chi connectivity index (χ0n) is 9.79. The predicted molar refractivity (Wildman–Crippen MR) is 64.7 cm³/mol. The lowest BCUT2D eigenvalue weighted by Gasteiger charge is -2.06. The zero-order chi connectivity index (χ0) is 13.1. The highest BCUT2D eigenvalue weighted by molar-refractivity contribution is 5.95. The van der Waals surface area contributed by atoms with Gasteiger partial charge in [-0.05, 0) is 18.2 Å². The van der Waals surface area contributed by atoms with Gasteiger partial charge in [-0.3, -0.25) is 4.79 Å². The highest BCUT2D eigenvalue weighted by Gasteiger charge is 2.09. The van der Waals surface area contributed by atoms with Crippen molar-refractivity contribution in [1.29, 1.82) is 0 Å². The molecule has 18 heavy (non-hydrogen) atoms. The smallest absolute Gasteiger partial charge is 0.251 e. The van der Waals surface area contributed by atoms with Crippen LogP contribution in [0.15, 0.2) is 24.5 Å². The molecular formula is C11H13N5O2. The van der Waals surface area contributed by atoms with E-state index in [0.717, 1.165) is 0 Å². The Morgan fingerprint density at radius 1 is 1.56 bits per heavy atom. The van der Waals surface area contributed by atoms with Crippen LogP contribution in [0.1, 0.15) is 16.2 Å². The molecule has 0 fully saturated rings. The molecule has 0 saturated heterocycles. The second kappa shape index (κ2) is 4.74. The number of amides is 1. The number of rotatable bonds is 3. The number of nitrogens with two attached hydrogens (primary N) is 1. The van der Waals surface area contributed by atoms with Crippen LogP contribution in [0.25, 0.3) is 0 Å². The predicted octanol–water partition coefficient (Wildman–Crippen LogP) is 0.0329. The van der Waals surface area contributed by atoms with Crippen molar-refractivity contribution in [2.45, 2.75) is 6.54 Å². The monoisotopic (exact) mass is 247 g/mol. The summed E-state index contributed by atoms with van der Waals surface area (Å²) in [6.07, 6.45) is 1.55. The summed E-state index contributed by atoms with van der Waals surface area (Å²) in [4.78, 5) is 11.8. The van der Waals surface area contributed by atoms with Gasteiger partial charge in [-0.25, -0.2) is 0 Å². The number of aromatic hydroxyl groups is 1. The maximum Gasteiger partial charge on any atom is 0.251 e. The van der Waals surface area contributed by atoms with Crippen LogP contribution >= 0.6 is 0 Å². The molecule has 0 aliphatic rings. The van der Waals surface area contributed by atoms with Crippen LogP contribution in [-0.4, -0.2) is 25.8 Å². The van der Waals surface area contributed by atoms with E-state index in [2.05, 4.69) is 15.5 Å². The van der Waals surface area contributed by atoms with Crippen LogP contribution in [0, 0.1) is 0 Å². The first-order valence-electron chi connectivity index (χ1n) is 5.27. The third kappa shape index (κ3) is 2.40. The van der Waals surface area contributed by atoms with Crippen molar-refractivity contribution in [3.05, 3.63) is 35.9 Å². The highest BCUT2D eigenvalue weighted by atomic mass is 16.3. The van der Waals surface area contributed by atoms with E-state index in [1.165, 1.54) is 12.1 Å². The van der Waals surface area contributed by atoms with Gasteiger partial charge in [0.2, 0.25) is 0 Å². The van der Waals surface area contributed by atoms with E-state index in [9.17, 15) is 9.90 Å². The van der Waals surface area contributed by atoms with E-state index >= 15 is 0 Å². The van der Waals surface area contributed by atoms with Crippen LogP contribution in [-0.2, 0) is 13.6 Å². The second-order valence-electron chi connectivity index (χ2n) is 3.81. The van der Waals surface area contributed by atoms with E-state index in [4.69, 9.17) is 5.73 Å². The number of aromatic nitrogens is 3. The van der Waals surface area contributed by atoms with Gasteiger partial charge in [0.05, 0.1) is 12.2 Å². The number of nitrogen functional groups attached to an aromatic ring is 1. The summed E-state index contributed by atoms with van der Waals surface area (Å²) in [5, 5.41) is 19.6. The third-order valence-corrected chi connectivity index (χ3v) is 2.50. The normalized spacial score (nSPS) is 10.3. The Hall–Kier alpha value is -2.57. The average molecular weight is 247 g/mol. The Kier molecular flexibility index (Phi) is 3.13. The number of aryl methyl sites for hydroxylation is 1.